The van der Waals surface area contributed by atoms with Gasteiger partial charge in [0.05, 0.1) is 7.11 Å². The van der Waals surface area contributed by atoms with Crippen molar-refractivity contribution in [2.75, 3.05) is 13.7 Å². The first-order valence-electron chi connectivity index (χ1n) is 6.88. The SMILES string of the molecule is COC(=O)CCCNC(=O)[C@@H]1Oc2ccccc2O[C@H]1C. The minimum atomic E-state index is -0.696. The minimum absolute atomic E-state index is 0.248. The van der Waals surface area contributed by atoms with Crippen molar-refractivity contribution in [2.24, 2.45) is 0 Å². The van der Waals surface area contributed by atoms with Crippen molar-refractivity contribution in [3.63, 3.8) is 0 Å². The van der Waals surface area contributed by atoms with Crippen molar-refractivity contribution in [3.05, 3.63) is 24.3 Å². The molecule has 6 nitrogen and oxygen atoms in total. The zero-order chi connectivity index (χ0) is 15.2. The quantitative estimate of drug-likeness (QED) is 0.654. The van der Waals surface area contributed by atoms with Crippen LogP contribution in [0.2, 0.25) is 0 Å². The maximum atomic E-state index is 12.1. The number of hydrogen-bond acceptors (Lipinski definition) is 5. The number of ether oxygens (including phenoxy) is 3. The molecule has 114 valence electrons. The Morgan fingerprint density at radius 2 is 1.90 bits per heavy atom. The van der Waals surface area contributed by atoms with Crippen LogP contribution in [-0.2, 0) is 14.3 Å². The van der Waals surface area contributed by atoms with Gasteiger partial charge in [-0.3, -0.25) is 9.59 Å². The van der Waals surface area contributed by atoms with Crippen LogP contribution in [0.3, 0.4) is 0 Å². The van der Waals surface area contributed by atoms with Crippen LogP contribution in [0.1, 0.15) is 19.8 Å². The monoisotopic (exact) mass is 293 g/mol. The summed E-state index contributed by atoms with van der Waals surface area (Å²) in [6, 6.07) is 7.24. The number of carbonyl (C=O) groups is 2. The van der Waals surface area contributed by atoms with Crippen LogP contribution < -0.4 is 14.8 Å². The highest BCUT2D eigenvalue weighted by Crippen LogP contribution is 2.33. The zero-order valence-corrected chi connectivity index (χ0v) is 12.1. The second-order valence-corrected chi connectivity index (χ2v) is 4.78. The van der Waals surface area contributed by atoms with Gasteiger partial charge in [-0.1, -0.05) is 12.1 Å². The third-order valence-corrected chi connectivity index (χ3v) is 3.19. The van der Waals surface area contributed by atoms with E-state index in [1.54, 1.807) is 19.1 Å². The molecule has 1 aliphatic rings. The number of methoxy groups -OCH3 is 1. The average Bonchev–Trinajstić information content (AvgIpc) is 2.50. The number of amides is 1. The second kappa shape index (κ2) is 6.97. The lowest BCUT2D eigenvalue weighted by Crippen LogP contribution is -2.49. The van der Waals surface area contributed by atoms with E-state index in [9.17, 15) is 9.59 Å². The molecule has 0 saturated heterocycles. The number of fused-ring (bicyclic) bond motifs is 1. The van der Waals surface area contributed by atoms with Crippen molar-refractivity contribution >= 4 is 11.9 Å². The van der Waals surface area contributed by atoms with Crippen LogP contribution in [0.25, 0.3) is 0 Å². The summed E-state index contributed by atoms with van der Waals surface area (Å²) < 4.78 is 15.9. The number of nitrogens with one attached hydrogen (secondary N) is 1. The van der Waals surface area contributed by atoms with Crippen molar-refractivity contribution in [2.45, 2.75) is 32.0 Å². The van der Waals surface area contributed by atoms with E-state index in [-0.39, 0.29) is 24.4 Å². The fourth-order valence-electron chi connectivity index (χ4n) is 2.05. The molecule has 0 bridgehead atoms. The van der Waals surface area contributed by atoms with Gasteiger partial charge in [0, 0.05) is 13.0 Å². The zero-order valence-electron chi connectivity index (χ0n) is 12.1. The van der Waals surface area contributed by atoms with Crippen LogP contribution in [-0.4, -0.2) is 37.7 Å². The van der Waals surface area contributed by atoms with Crippen molar-refractivity contribution < 1.29 is 23.8 Å². The molecule has 1 aromatic carbocycles. The summed E-state index contributed by atoms with van der Waals surface area (Å²) in [5.74, 6) is 0.663. The molecule has 1 aliphatic heterocycles. The van der Waals surface area contributed by atoms with Crippen LogP contribution in [0.5, 0.6) is 11.5 Å². The third kappa shape index (κ3) is 3.87. The molecule has 1 amide bonds. The Morgan fingerprint density at radius 3 is 2.57 bits per heavy atom. The summed E-state index contributed by atoms with van der Waals surface area (Å²) in [6.07, 6.45) is -0.271. The molecule has 1 N–H and O–H groups in total. The molecule has 0 fully saturated rings. The average molecular weight is 293 g/mol. The Labute approximate surface area is 123 Å². The molecule has 0 radical (unpaired) electrons. The van der Waals surface area contributed by atoms with Crippen molar-refractivity contribution in [3.8, 4) is 11.5 Å². The van der Waals surface area contributed by atoms with Crippen LogP contribution in [0.4, 0.5) is 0 Å². The first-order valence-corrected chi connectivity index (χ1v) is 6.88. The Bertz CT molecular complexity index is 517. The highest BCUT2D eigenvalue weighted by molar-refractivity contribution is 5.82. The van der Waals surface area contributed by atoms with Gasteiger partial charge in [-0.05, 0) is 25.5 Å². The molecule has 2 rings (SSSR count). The molecule has 0 saturated carbocycles. The standard InChI is InChI=1S/C15H19NO5/c1-10-14(15(18)16-9-5-8-13(17)19-2)21-12-7-4-3-6-11(12)20-10/h3-4,6-7,10,14H,5,8-9H2,1-2H3,(H,16,18)/t10-,14+/m0/s1. The van der Waals surface area contributed by atoms with E-state index >= 15 is 0 Å². The highest BCUT2D eigenvalue weighted by Gasteiger charge is 2.33. The van der Waals surface area contributed by atoms with E-state index in [1.165, 1.54) is 7.11 Å². The van der Waals surface area contributed by atoms with Gasteiger partial charge in [-0.15, -0.1) is 0 Å². The molecule has 0 unspecified atom stereocenters. The number of benzene rings is 1. The first kappa shape index (κ1) is 15.2. The molecule has 21 heavy (non-hydrogen) atoms. The highest BCUT2D eigenvalue weighted by atomic mass is 16.6. The summed E-state index contributed by atoms with van der Waals surface area (Å²) in [5.41, 5.74) is 0. The van der Waals surface area contributed by atoms with Crippen LogP contribution >= 0.6 is 0 Å². The molecule has 6 heteroatoms. The smallest absolute Gasteiger partial charge is 0.305 e. The van der Waals surface area contributed by atoms with E-state index in [0.29, 0.717) is 24.5 Å². The maximum Gasteiger partial charge on any atom is 0.305 e. The molecule has 1 heterocycles. The largest absolute Gasteiger partial charge is 0.482 e. The second-order valence-electron chi connectivity index (χ2n) is 4.78. The lowest BCUT2D eigenvalue weighted by Gasteiger charge is -2.31. The predicted octanol–water partition coefficient (Wildman–Crippen LogP) is 1.28. The minimum Gasteiger partial charge on any atom is -0.482 e. The Morgan fingerprint density at radius 1 is 1.24 bits per heavy atom. The fraction of sp³-hybridized carbons (Fsp3) is 0.467. The number of para-hydroxylation sites is 2. The summed E-state index contributed by atoms with van der Waals surface area (Å²) >= 11 is 0. The number of carbonyl (C=O) groups excluding carboxylic acids is 2. The van der Waals surface area contributed by atoms with Gasteiger partial charge in [0.2, 0.25) is 6.10 Å². The van der Waals surface area contributed by atoms with Crippen molar-refractivity contribution in [1.29, 1.82) is 0 Å². The molecule has 0 spiro atoms. The topological polar surface area (TPSA) is 73.9 Å². The number of rotatable bonds is 5. The molecular weight excluding hydrogens is 274 g/mol. The van der Waals surface area contributed by atoms with E-state index in [4.69, 9.17) is 9.47 Å². The van der Waals surface area contributed by atoms with Gasteiger partial charge in [-0.25, -0.2) is 0 Å². The van der Waals surface area contributed by atoms with Crippen molar-refractivity contribution in [1.82, 2.24) is 5.32 Å². The van der Waals surface area contributed by atoms with E-state index < -0.39 is 6.10 Å². The van der Waals surface area contributed by atoms with Gasteiger partial charge in [0.15, 0.2) is 11.5 Å². The summed E-state index contributed by atoms with van der Waals surface area (Å²) in [4.78, 5) is 23.1. The molecule has 0 aliphatic carbocycles. The van der Waals surface area contributed by atoms with E-state index in [0.717, 1.165) is 0 Å². The Hall–Kier alpha value is -2.24. The Kier molecular flexibility index (Phi) is 5.03. The fourth-order valence-corrected chi connectivity index (χ4v) is 2.05. The normalized spacial score (nSPS) is 19.7. The summed E-state index contributed by atoms with van der Waals surface area (Å²) in [6.45, 7) is 2.18. The van der Waals surface area contributed by atoms with Gasteiger partial charge in [0.1, 0.15) is 6.10 Å². The van der Waals surface area contributed by atoms with Gasteiger partial charge < -0.3 is 19.5 Å². The maximum absolute atomic E-state index is 12.1. The van der Waals surface area contributed by atoms with Gasteiger partial charge in [-0.2, -0.15) is 0 Å². The first-order chi connectivity index (χ1) is 10.1. The third-order valence-electron chi connectivity index (χ3n) is 3.19. The lowest BCUT2D eigenvalue weighted by atomic mass is 10.1. The van der Waals surface area contributed by atoms with Gasteiger partial charge >= 0.3 is 5.97 Å². The number of hydrogen-bond donors (Lipinski definition) is 1. The molecule has 2 atom stereocenters. The predicted molar refractivity (Wildman–Crippen MR) is 75.2 cm³/mol. The summed E-state index contributed by atoms with van der Waals surface area (Å²) in [5, 5.41) is 2.74. The molecule has 0 aromatic heterocycles. The molecule has 1 aromatic rings. The lowest BCUT2D eigenvalue weighted by molar-refractivity contribution is -0.141. The number of esters is 1. The van der Waals surface area contributed by atoms with E-state index in [2.05, 4.69) is 10.1 Å². The summed E-state index contributed by atoms with van der Waals surface area (Å²) in [7, 11) is 1.34. The molecular formula is C15H19NO5. The van der Waals surface area contributed by atoms with Gasteiger partial charge in [0.25, 0.3) is 5.91 Å². The van der Waals surface area contributed by atoms with E-state index in [1.807, 2.05) is 12.1 Å². The van der Waals surface area contributed by atoms with Crippen LogP contribution in [0.15, 0.2) is 24.3 Å². The van der Waals surface area contributed by atoms with Crippen LogP contribution in [0, 0.1) is 0 Å². The Balaban J connectivity index is 1.84.